The Labute approximate surface area is 161 Å². The molecule has 1 aromatic heterocycles. The average Bonchev–Trinajstić information content (AvgIpc) is 2.83. The number of para-hydroxylation sites is 1. The first-order valence-electron chi connectivity index (χ1n) is 7.94. The predicted octanol–water partition coefficient (Wildman–Crippen LogP) is 5.12. The molecule has 0 spiro atoms. The largest absolute Gasteiger partial charge is 0.332 e. The van der Waals surface area contributed by atoms with Gasteiger partial charge in [0, 0.05) is 11.4 Å². The number of hydrogen-bond donors (Lipinski definition) is 2. The zero-order chi connectivity index (χ0) is 17.8. The van der Waals surface area contributed by atoms with Crippen LogP contribution in [0, 0.1) is 13.8 Å². The van der Waals surface area contributed by atoms with Crippen molar-refractivity contribution in [3.05, 3.63) is 76.0 Å². The number of aryl methyl sites for hydroxylation is 1. The van der Waals surface area contributed by atoms with Crippen LogP contribution >= 0.6 is 28.1 Å². The molecule has 4 nitrogen and oxygen atoms in total. The minimum absolute atomic E-state index is 0.567. The van der Waals surface area contributed by atoms with E-state index in [1.165, 1.54) is 0 Å². The second-order valence-corrected chi connectivity index (χ2v) is 6.99. The van der Waals surface area contributed by atoms with Crippen LogP contribution in [0.1, 0.15) is 17.0 Å². The molecular weight excluding hydrogens is 396 g/mol. The smallest absolute Gasteiger partial charge is 0.175 e. The molecule has 128 valence electrons. The number of hydrogen-bond acceptors (Lipinski definition) is 2. The molecule has 0 amide bonds. The second kappa shape index (κ2) is 7.80. The predicted molar refractivity (Wildman–Crippen MR) is 111 cm³/mol. The van der Waals surface area contributed by atoms with Crippen LogP contribution < -0.4 is 10.6 Å². The molecule has 0 aliphatic rings. The van der Waals surface area contributed by atoms with Crippen LogP contribution in [0.25, 0.3) is 0 Å². The molecule has 3 rings (SSSR count). The number of thiocarbonyl (C=S) groups is 1. The maximum atomic E-state index is 5.39. The molecule has 0 fully saturated rings. The van der Waals surface area contributed by atoms with Gasteiger partial charge < -0.3 is 10.6 Å². The Morgan fingerprint density at radius 3 is 2.40 bits per heavy atom. The topological polar surface area (TPSA) is 41.9 Å². The summed E-state index contributed by atoms with van der Waals surface area (Å²) in [5.41, 5.74) is 5.19. The Kier molecular flexibility index (Phi) is 5.50. The number of aromatic nitrogens is 2. The van der Waals surface area contributed by atoms with Crippen LogP contribution in [-0.2, 0) is 6.54 Å². The highest BCUT2D eigenvalue weighted by atomic mass is 79.9. The molecule has 1 heterocycles. The summed E-state index contributed by atoms with van der Waals surface area (Å²) in [6.07, 6.45) is 0. The molecule has 0 radical (unpaired) electrons. The molecule has 0 bridgehead atoms. The molecule has 2 N–H and O–H groups in total. The van der Waals surface area contributed by atoms with Crippen molar-refractivity contribution in [3.8, 4) is 0 Å². The normalized spacial score (nSPS) is 10.5. The molecule has 6 heteroatoms. The lowest BCUT2D eigenvalue weighted by Crippen LogP contribution is -2.19. The maximum Gasteiger partial charge on any atom is 0.175 e. The number of halogens is 1. The van der Waals surface area contributed by atoms with Crippen molar-refractivity contribution in [1.82, 2.24) is 9.78 Å². The average molecular weight is 415 g/mol. The van der Waals surface area contributed by atoms with Gasteiger partial charge in [-0.2, -0.15) is 5.10 Å². The van der Waals surface area contributed by atoms with Crippen LogP contribution in [0.3, 0.4) is 0 Å². The maximum absolute atomic E-state index is 5.39. The van der Waals surface area contributed by atoms with E-state index in [2.05, 4.69) is 50.7 Å². The van der Waals surface area contributed by atoms with E-state index >= 15 is 0 Å². The lowest BCUT2D eigenvalue weighted by Gasteiger charge is -2.12. The van der Waals surface area contributed by atoms with E-state index in [0.717, 1.165) is 32.8 Å². The van der Waals surface area contributed by atoms with Gasteiger partial charge in [0.15, 0.2) is 5.11 Å². The molecule has 0 aliphatic heterocycles. The standard InChI is InChI=1S/C19H19BrN4S/c1-13-18(20)14(2)24(23-13)12-15-7-6-10-17(11-15)22-19(25)21-16-8-4-3-5-9-16/h3-11H,12H2,1-2H3,(H2,21,22,25). The first-order valence-corrected chi connectivity index (χ1v) is 9.14. The van der Waals surface area contributed by atoms with Crippen molar-refractivity contribution in [2.24, 2.45) is 0 Å². The second-order valence-electron chi connectivity index (χ2n) is 5.79. The summed E-state index contributed by atoms with van der Waals surface area (Å²) in [5, 5.41) is 11.5. The van der Waals surface area contributed by atoms with Crippen molar-refractivity contribution in [1.29, 1.82) is 0 Å². The fourth-order valence-corrected chi connectivity index (χ4v) is 3.08. The van der Waals surface area contributed by atoms with Crippen LogP contribution in [0.2, 0.25) is 0 Å². The van der Waals surface area contributed by atoms with Gasteiger partial charge in [-0.15, -0.1) is 0 Å². The van der Waals surface area contributed by atoms with Gasteiger partial charge in [0.05, 0.1) is 22.4 Å². The number of rotatable bonds is 4. The number of benzene rings is 2. The number of nitrogens with zero attached hydrogens (tertiary/aromatic N) is 2. The van der Waals surface area contributed by atoms with E-state index in [4.69, 9.17) is 12.2 Å². The van der Waals surface area contributed by atoms with Gasteiger partial charge in [-0.1, -0.05) is 30.3 Å². The monoisotopic (exact) mass is 414 g/mol. The molecule has 0 saturated carbocycles. The van der Waals surface area contributed by atoms with E-state index in [1.807, 2.05) is 54.1 Å². The number of anilines is 2. The Morgan fingerprint density at radius 1 is 1.04 bits per heavy atom. The summed E-state index contributed by atoms with van der Waals surface area (Å²) in [5.74, 6) is 0. The highest BCUT2D eigenvalue weighted by Crippen LogP contribution is 2.21. The van der Waals surface area contributed by atoms with Crippen molar-refractivity contribution in [2.45, 2.75) is 20.4 Å². The van der Waals surface area contributed by atoms with Gasteiger partial charge in [-0.3, -0.25) is 4.68 Å². The Morgan fingerprint density at radius 2 is 1.72 bits per heavy atom. The third-order valence-corrected chi connectivity index (χ3v) is 5.19. The van der Waals surface area contributed by atoms with E-state index in [9.17, 15) is 0 Å². The molecule has 0 unspecified atom stereocenters. The Bertz CT molecular complexity index is 890. The third kappa shape index (κ3) is 4.46. The van der Waals surface area contributed by atoms with Crippen molar-refractivity contribution in [3.63, 3.8) is 0 Å². The highest BCUT2D eigenvalue weighted by molar-refractivity contribution is 9.10. The van der Waals surface area contributed by atoms with Crippen LogP contribution in [-0.4, -0.2) is 14.9 Å². The summed E-state index contributed by atoms with van der Waals surface area (Å²) in [7, 11) is 0. The first kappa shape index (κ1) is 17.6. The minimum atomic E-state index is 0.567. The molecule has 0 atom stereocenters. The Hall–Kier alpha value is -2.18. The molecule has 0 aliphatic carbocycles. The van der Waals surface area contributed by atoms with Gasteiger partial charge in [0.25, 0.3) is 0 Å². The van der Waals surface area contributed by atoms with Crippen LogP contribution in [0.4, 0.5) is 11.4 Å². The van der Waals surface area contributed by atoms with Crippen LogP contribution in [0.15, 0.2) is 59.1 Å². The van der Waals surface area contributed by atoms with Crippen molar-refractivity contribution in [2.75, 3.05) is 10.6 Å². The lowest BCUT2D eigenvalue weighted by molar-refractivity contribution is 0.659. The van der Waals surface area contributed by atoms with Crippen LogP contribution in [0.5, 0.6) is 0 Å². The van der Waals surface area contributed by atoms with Gasteiger partial charge in [0.1, 0.15) is 0 Å². The minimum Gasteiger partial charge on any atom is -0.332 e. The molecule has 3 aromatic rings. The van der Waals surface area contributed by atoms with Crippen molar-refractivity contribution >= 4 is 44.6 Å². The highest BCUT2D eigenvalue weighted by Gasteiger charge is 2.09. The lowest BCUT2D eigenvalue weighted by atomic mass is 10.2. The Balaban J connectivity index is 1.69. The van der Waals surface area contributed by atoms with E-state index < -0.39 is 0 Å². The SMILES string of the molecule is Cc1nn(Cc2cccc(NC(=S)Nc3ccccc3)c2)c(C)c1Br. The molecule has 0 saturated heterocycles. The summed E-state index contributed by atoms with van der Waals surface area (Å²) >= 11 is 8.96. The molecule has 2 aromatic carbocycles. The van der Waals surface area contributed by atoms with Gasteiger partial charge in [-0.25, -0.2) is 0 Å². The zero-order valence-electron chi connectivity index (χ0n) is 14.1. The fourth-order valence-electron chi connectivity index (χ4n) is 2.56. The van der Waals surface area contributed by atoms with E-state index in [1.54, 1.807) is 0 Å². The van der Waals surface area contributed by atoms with Crippen molar-refractivity contribution < 1.29 is 0 Å². The summed E-state index contributed by atoms with van der Waals surface area (Å²) in [6.45, 7) is 4.77. The third-order valence-electron chi connectivity index (χ3n) is 3.84. The van der Waals surface area contributed by atoms with Gasteiger partial charge in [0.2, 0.25) is 0 Å². The quantitative estimate of drug-likeness (QED) is 0.581. The number of nitrogens with one attached hydrogen (secondary N) is 2. The zero-order valence-corrected chi connectivity index (χ0v) is 16.5. The van der Waals surface area contributed by atoms with E-state index in [-0.39, 0.29) is 0 Å². The molecule has 25 heavy (non-hydrogen) atoms. The summed E-state index contributed by atoms with van der Waals surface area (Å²) in [4.78, 5) is 0. The first-order chi connectivity index (χ1) is 12.0. The summed E-state index contributed by atoms with van der Waals surface area (Å²) < 4.78 is 3.06. The summed E-state index contributed by atoms with van der Waals surface area (Å²) in [6, 6.07) is 18.1. The molecular formula is C19H19BrN4S. The van der Waals surface area contributed by atoms with Gasteiger partial charge >= 0.3 is 0 Å². The van der Waals surface area contributed by atoms with E-state index in [0.29, 0.717) is 11.7 Å². The fraction of sp³-hybridized carbons (Fsp3) is 0.158. The van der Waals surface area contributed by atoms with Gasteiger partial charge in [-0.05, 0) is 71.8 Å².